The largest absolute Gasteiger partial charge is 0.799 e. The highest BCUT2D eigenvalue weighted by atomic mass is 32.1. The molecule has 1 aliphatic heterocycles. The first kappa shape index (κ1) is 31.1. The number of aliphatic hydroxyl groups excluding tert-OH is 1. The lowest BCUT2D eigenvalue weighted by Gasteiger charge is -2.19. The van der Waals surface area contributed by atoms with Crippen LogP contribution in [0.5, 0.6) is 5.75 Å². The molecular weight excluding hydrogens is 583 g/mol. The van der Waals surface area contributed by atoms with Crippen molar-refractivity contribution in [3.05, 3.63) is 70.4 Å². The highest BCUT2D eigenvalue weighted by Crippen LogP contribution is 2.42. The van der Waals surface area contributed by atoms with Gasteiger partial charge in [-0.15, -0.1) is 0 Å². The Balaban J connectivity index is 1.51. The lowest BCUT2D eigenvalue weighted by atomic mass is 9.90. The van der Waals surface area contributed by atoms with Gasteiger partial charge in [-0.1, -0.05) is 6.07 Å². The van der Waals surface area contributed by atoms with E-state index < -0.39 is 13.3 Å². The minimum Gasteiger partial charge on any atom is -0.799 e. The van der Waals surface area contributed by atoms with Gasteiger partial charge in [0.1, 0.15) is 17.1 Å². The number of phenols is 1. The highest BCUT2D eigenvalue weighted by Gasteiger charge is 2.22. The van der Waals surface area contributed by atoms with E-state index >= 15 is 0 Å². The molecule has 4 rings (SSSR count). The Kier molecular flexibility index (Phi) is 9.97. The number of phenolic OH excluding ortho intramolecular Hbond substituents is 1. The standard InChI is InChI=1S/C29H31N2O9PS/c1-41(37,38)11-10-39-16-17(15-32)8-9-30-29(42)31-18-2-5-21(24(12-18)28(35)36)27-22-6-3-19(33)13-25(22)40-26-14-20(34)4-7-23(26)27/h2-7,12-14,17,32-33H,8-11,15-16H2,1H3,(H,35,36)(H,37,38)(H2,30,31,42)/p-1. The van der Waals surface area contributed by atoms with Crippen LogP contribution in [-0.2, 0) is 9.30 Å². The Morgan fingerprint density at radius 1 is 1.14 bits per heavy atom. The molecule has 2 aromatic rings. The van der Waals surface area contributed by atoms with Gasteiger partial charge in [0.15, 0.2) is 10.5 Å². The van der Waals surface area contributed by atoms with Crippen molar-refractivity contribution in [3.8, 4) is 28.2 Å². The molecule has 11 nitrogen and oxygen atoms in total. The van der Waals surface area contributed by atoms with Gasteiger partial charge in [0, 0.05) is 66.9 Å². The van der Waals surface area contributed by atoms with E-state index in [2.05, 4.69) is 10.6 Å². The Labute approximate surface area is 246 Å². The smallest absolute Gasteiger partial charge is 0.336 e. The molecule has 5 N–H and O–H groups in total. The number of aromatic carboxylic acids is 1. The van der Waals surface area contributed by atoms with Gasteiger partial charge < -0.3 is 44.6 Å². The minimum atomic E-state index is -3.40. The number of anilines is 1. The van der Waals surface area contributed by atoms with E-state index in [9.17, 15) is 34.4 Å². The summed E-state index contributed by atoms with van der Waals surface area (Å²) >= 11 is 5.36. The van der Waals surface area contributed by atoms with Gasteiger partial charge in [0.25, 0.3) is 0 Å². The number of hydrogen-bond acceptors (Lipinski definition) is 9. The van der Waals surface area contributed by atoms with Crippen LogP contribution in [0.15, 0.2) is 63.8 Å². The van der Waals surface area contributed by atoms with E-state index in [0.29, 0.717) is 40.7 Å². The maximum absolute atomic E-state index is 12.4. The first-order valence-electron chi connectivity index (χ1n) is 13.0. The molecule has 1 heterocycles. The van der Waals surface area contributed by atoms with E-state index in [-0.39, 0.29) is 65.1 Å². The number of nitrogens with one attached hydrogen (secondary N) is 2. The monoisotopic (exact) mass is 613 g/mol. The molecule has 0 bridgehead atoms. The summed E-state index contributed by atoms with van der Waals surface area (Å²) in [6.07, 6.45) is 0.434. The van der Waals surface area contributed by atoms with Crippen LogP contribution >= 0.6 is 19.6 Å². The van der Waals surface area contributed by atoms with Gasteiger partial charge in [-0.25, -0.2) is 4.79 Å². The number of carboxylic acid groups (broad SMARTS) is 1. The van der Waals surface area contributed by atoms with Crippen LogP contribution in [0.1, 0.15) is 16.8 Å². The van der Waals surface area contributed by atoms with E-state index in [1.807, 2.05) is 0 Å². The topological polar surface area (TPSA) is 181 Å². The lowest BCUT2D eigenvalue weighted by molar-refractivity contribution is -0.174. The van der Waals surface area contributed by atoms with Crippen molar-refractivity contribution in [2.75, 3.05) is 44.5 Å². The summed E-state index contributed by atoms with van der Waals surface area (Å²) in [5.41, 5.74) is 1.85. The molecular formula is C29H30N2O9PS-. The second kappa shape index (κ2) is 13.5. The van der Waals surface area contributed by atoms with E-state index in [4.69, 9.17) is 21.4 Å². The first-order chi connectivity index (χ1) is 19.9. The fourth-order valence-corrected chi connectivity index (χ4v) is 5.12. The molecule has 222 valence electrons. The second-order valence-electron chi connectivity index (χ2n) is 9.91. The molecule has 2 aromatic carbocycles. The van der Waals surface area contributed by atoms with Crippen LogP contribution < -0.4 is 21.0 Å². The molecule has 0 spiro atoms. The van der Waals surface area contributed by atoms with Crippen molar-refractivity contribution in [2.45, 2.75) is 6.42 Å². The van der Waals surface area contributed by atoms with Gasteiger partial charge in [0.05, 0.1) is 18.8 Å². The molecule has 0 radical (unpaired) electrons. The van der Waals surface area contributed by atoms with Crippen LogP contribution in [0.3, 0.4) is 0 Å². The van der Waals surface area contributed by atoms with Crippen LogP contribution in [0.4, 0.5) is 5.69 Å². The van der Waals surface area contributed by atoms with E-state index in [1.54, 1.807) is 24.3 Å². The van der Waals surface area contributed by atoms with Crippen molar-refractivity contribution in [1.82, 2.24) is 5.32 Å². The summed E-state index contributed by atoms with van der Waals surface area (Å²) < 4.78 is 22.5. The summed E-state index contributed by atoms with van der Waals surface area (Å²) in [7, 11) is -3.40. The number of benzene rings is 3. The van der Waals surface area contributed by atoms with Gasteiger partial charge in [0.2, 0.25) is 0 Å². The molecule has 0 fully saturated rings. The zero-order valence-corrected chi connectivity index (χ0v) is 24.4. The Morgan fingerprint density at radius 3 is 2.62 bits per heavy atom. The van der Waals surface area contributed by atoms with Crippen molar-refractivity contribution in [2.24, 2.45) is 5.92 Å². The van der Waals surface area contributed by atoms with Crippen molar-refractivity contribution >= 4 is 47.3 Å². The predicted molar refractivity (Wildman–Crippen MR) is 162 cm³/mol. The summed E-state index contributed by atoms with van der Waals surface area (Å²) in [4.78, 5) is 35.6. The van der Waals surface area contributed by atoms with Crippen molar-refractivity contribution < 1.29 is 38.7 Å². The Morgan fingerprint density at radius 2 is 1.90 bits per heavy atom. The maximum Gasteiger partial charge on any atom is 0.336 e. The first-order valence-corrected chi connectivity index (χ1v) is 15.7. The molecule has 2 unspecified atom stereocenters. The number of carbonyl (C=O) groups is 1. The average molecular weight is 614 g/mol. The molecule has 42 heavy (non-hydrogen) atoms. The number of rotatable bonds is 12. The molecule has 2 aliphatic rings. The number of thiocarbonyl (C=S) groups is 1. The number of aromatic hydroxyl groups is 1. The quantitative estimate of drug-likeness (QED) is 0.0680. The molecule has 0 saturated carbocycles. The SMILES string of the molecule is CP(=O)([O-])CCOCC(CO)CCNC(=S)Nc1ccc(-c2c3ccc(=O)cc-3oc3cc(O)ccc23)c(C(=O)O)c1. The van der Waals surface area contributed by atoms with E-state index in [1.165, 1.54) is 30.3 Å². The molecule has 0 amide bonds. The molecule has 0 saturated heterocycles. The van der Waals surface area contributed by atoms with Crippen LogP contribution in [-0.4, -0.2) is 65.6 Å². The summed E-state index contributed by atoms with van der Waals surface area (Å²) in [5, 5.41) is 36.5. The summed E-state index contributed by atoms with van der Waals surface area (Å²) in [5.74, 6) is -1.19. The van der Waals surface area contributed by atoms with Crippen molar-refractivity contribution in [1.29, 1.82) is 0 Å². The summed E-state index contributed by atoms with van der Waals surface area (Å²) in [6.45, 7) is 1.67. The van der Waals surface area contributed by atoms with Gasteiger partial charge in [-0.3, -0.25) is 4.79 Å². The zero-order chi connectivity index (χ0) is 30.4. The number of aliphatic hydroxyl groups is 1. The number of hydrogen-bond donors (Lipinski definition) is 5. The third kappa shape index (κ3) is 7.93. The third-order valence-electron chi connectivity index (χ3n) is 6.55. The molecule has 2 atom stereocenters. The van der Waals surface area contributed by atoms with Crippen LogP contribution in [0.25, 0.3) is 33.4 Å². The lowest BCUT2D eigenvalue weighted by Crippen LogP contribution is -2.31. The third-order valence-corrected chi connectivity index (χ3v) is 7.79. The minimum absolute atomic E-state index is 0.0249. The fourth-order valence-electron chi connectivity index (χ4n) is 4.44. The Bertz CT molecular complexity index is 1680. The summed E-state index contributed by atoms with van der Waals surface area (Å²) in [6, 6.07) is 13.5. The van der Waals surface area contributed by atoms with Crippen molar-refractivity contribution in [3.63, 3.8) is 0 Å². The zero-order valence-electron chi connectivity index (χ0n) is 22.7. The molecule has 0 aromatic heterocycles. The number of carboxylic acids is 1. The average Bonchev–Trinajstić information content (AvgIpc) is 2.92. The Hall–Kier alpha value is -3.80. The number of ether oxygens (including phenoxy) is 1. The van der Waals surface area contributed by atoms with E-state index in [0.717, 1.165) is 6.66 Å². The normalized spacial score (nSPS) is 13.5. The van der Waals surface area contributed by atoms with Crippen LogP contribution in [0.2, 0.25) is 0 Å². The van der Waals surface area contributed by atoms with Gasteiger partial charge >= 0.3 is 5.97 Å². The fraction of sp³-hybridized carbons (Fsp3) is 0.276. The number of fused-ring (bicyclic) bond motifs is 2. The van der Waals surface area contributed by atoms with Gasteiger partial charge in [-0.05, 0) is 67.3 Å². The molecule has 1 aliphatic carbocycles. The maximum atomic E-state index is 12.4. The predicted octanol–water partition coefficient (Wildman–Crippen LogP) is 3.54. The second-order valence-corrected chi connectivity index (χ2v) is 12.8. The molecule has 13 heteroatoms. The van der Waals surface area contributed by atoms with Gasteiger partial charge in [-0.2, -0.15) is 0 Å². The van der Waals surface area contributed by atoms with Crippen LogP contribution in [0, 0.1) is 5.92 Å². The highest BCUT2D eigenvalue weighted by molar-refractivity contribution is 7.80.